The number of nitriles is 1. The van der Waals surface area contributed by atoms with Gasteiger partial charge in [0.1, 0.15) is 11.6 Å². The highest BCUT2D eigenvalue weighted by molar-refractivity contribution is 6.11. The number of hydrogen-bond acceptors (Lipinski definition) is 2. The molecule has 1 amide bonds. The second kappa shape index (κ2) is 7.86. The molecule has 3 heteroatoms. The molecule has 0 spiro atoms. The Hall–Kier alpha value is -3.12. The number of carbonyl (C=O) groups excluding carboxylic acids is 1. The van der Waals surface area contributed by atoms with Gasteiger partial charge in [-0.3, -0.25) is 4.79 Å². The van der Waals surface area contributed by atoms with E-state index in [2.05, 4.69) is 36.5 Å². The number of nitrogens with zero attached hydrogens (tertiary/aromatic N) is 1. The minimum absolute atomic E-state index is 0.155. The van der Waals surface area contributed by atoms with Crippen molar-refractivity contribution < 1.29 is 4.79 Å². The van der Waals surface area contributed by atoms with Gasteiger partial charge in [-0.15, -0.1) is 0 Å². The molecule has 1 aliphatic carbocycles. The summed E-state index contributed by atoms with van der Waals surface area (Å²) in [7, 11) is 0. The lowest BCUT2D eigenvalue weighted by Gasteiger charge is -2.29. The monoisotopic (exact) mass is 368 g/mol. The molecule has 0 radical (unpaired) electrons. The standard InChI is InChI=1S/C25H24N2O/c1-17-8-2-7-13-24(17)27-25(28)20(16-26)15-23-21-11-5-3-9-18(21)14-19-10-4-6-12-22(19)23/h3-6,9-12,14-15,17,24H,2,7-8,13H2,1H3,(H,27,28)/b20-15+. The van der Waals surface area contributed by atoms with Gasteiger partial charge in [0.25, 0.3) is 5.91 Å². The maximum Gasteiger partial charge on any atom is 0.262 e. The van der Waals surface area contributed by atoms with E-state index in [1.165, 1.54) is 6.42 Å². The van der Waals surface area contributed by atoms with Crippen LogP contribution < -0.4 is 5.32 Å². The largest absolute Gasteiger partial charge is 0.348 e. The van der Waals surface area contributed by atoms with Crippen molar-refractivity contribution in [1.82, 2.24) is 5.32 Å². The molecule has 2 atom stereocenters. The van der Waals surface area contributed by atoms with Crippen LogP contribution in [0.3, 0.4) is 0 Å². The second-order valence-electron chi connectivity index (χ2n) is 7.74. The van der Waals surface area contributed by atoms with Gasteiger partial charge < -0.3 is 5.32 Å². The Labute approximate surface area is 165 Å². The van der Waals surface area contributed by atoms with Gasteiger partial charge >= 0.3 is 0 Å². The van der Waals surface area contributed by atoms with Crippen molar-refractivity contribution in [3.63, 3.8) is 0 Å². The molecule has 3 nitrogen and oxygen atoms in total. The van der Waals surface area contributed by atoms with Crippen LogP contribution in [0.5, 0.6) is 0 Å². The topological polar surface area (TPSA) is 52.9 Å². The van der Waals surface area contributed by atoms with E-state index in [1.807, 2.05) is 36.4 Å². The average Bonchev–Trinajstić information content (AvgIpc) is 2.72. The Bertz CT molecular complexity index is 1050. The number of rotatable bonds is 3. The fourth-order valence-corrected chi connectivity index (χ4v) is 4.27. The molecular formula is C25H24N2O. The minimum Gasteiger partial charge on any atom is -0.348 e. The quantitative estimate of drug-likeness (QED) is 0.372. The van der Waals surface area contributed by atoms with Crippen molar-refractivity contribution in [2.45, 2.75) is 38.6 Å². The van der Waals surface area contributed by atoms with Gasteiger partial charge in [0.15, 0.2) is 0 Å². The zero-order valence-corrected chi connectivity index (χ0v) is 16.1. The number of nitrogens with one attached hydrogen (secondary N) is 1. The van der Waals surface area contributed by atoms with Crippen molar-refractivity contribution in [2.24, 2.45) is 5.92 Å². The summed E-state index contributed by atoms with van der Waals surface area (Å²) in [6.45, 7) is 2.18. The number of benzene rings is 3. The van der Waals surface area contributed by atoms with Gasteiger partial charge in [-0.2, -0.15) is 5.26 Å². The van der Waals surface area contributed by atoms with E-state index in [1.54, 1.807) is 6.08 Å². The summed E-state index contributed by atoms with van der Waals surface area (Å²) in [5.74, 6) is 0.189. The molecule has 3 aromatic rings. The number of hydrogen-bond donors (Lipinski definition) is 1. The second-order valence-corrected chi connectivity index (χ2v) is 7.74. The van der Waals surface area contributed by atoms with Gasteiger partial charge in [-0.1, -0.05) is 68.3 Å². The smallest absolute Gasteiger partial charge is 0.262 e. The molecule has 1 N–H and O–H groups in total. The summed E-state index contributed by atoms with van der Waals surface area (Å²) in [6.07, 6.45) is 6.23. The minimum atomic E-state index is -0.265. The van der Waals surface area contributed by atoms with Crippen LogP contribution in [0.4, 0.5) is 0 Å². The summed E-state index contributed by atoms with van der Waals surface area (Å²) < 4.78 is 0. The van der Waals surface area contributed by atoms with E-state index in [0.717, 1.165) is 46.4 Å². The van der Waals surface area contributed by atoms with E-state index in [0.29, 0.717) is 5.92 Å². The zero-order chi connectivity index (χ0) is 19.5. The predicted octanol–water partition coefficient (Wildman–Crippen LogP) is 5.59. The first-order chi connectivity index (χ1) is 13.7. The lowest BCUT2D eigenvalue weighted by atomic mass is 9.86. The first-order valence-electron chi connectivity index (χ1n) is 10.0. The summed E-state index contributed by atoms with van der Waals surface area (Å²) in [5, 5.41) is 17.1. The van der Waals surface area contributed by atoms with E-state index < -0.39 is 0 Å². The van der Waals surface area contributed by atoms with Crippen LogP contribution in [0, 0.1) is 17.2 Å². The van der Waals surface area contributed by atoms with Crippen LogP contribution in [-0.4, -0.2) is 11.9 Å². The van der Waals surface area contributed by atoms with Crippen LogP contribution >= 0.6 is 0 Å². The summed E-state index contributed by atoms with van der Waals surface area (Å²) >= 11 is 0. The van der Waals surface area contributed by atoms with Crippen LogP contribution in [-0.2, 0) is 4.79 Å². The lowest BCUT2D eigenvalue weighted by Crippen LogP contribution is -2.41. The summed E-state index contributed by atoms with van der Waals surface area (Å²) in [6, 6.07) is 20.7. The van der Waals surface area contributed by atoms with Gasteiger partial charge in [-0.05, 0) is 58.0 Å². The number of carbonyl (C=O) groups is 1. The van der Waals surface area contributed by atoms with Crippen molar-refractivity contribution in [3.8, 4) is 6.07 Å². The van der Waals surface area contributed by atoms with Gasteiger partial charge in [0.05, 0.1) is 0 Å². The molecule has 3 aromatic carbocycles. The average molecular weight is 368 g/mol. The van der Waals surface area contributed by atoms with E-state index in [4.69, 9.17) is 0 Å². The van der Waals surface area contributed by atoms with Crippen molar-refractivity contribution in [1.29, 1.82) is 5.26 Å². The molecule has 140 valence electrons. The van der Waals surface area contributed by atoms with Crippen molar-refractivity contribution in [2.75, 3.05) is 0 Å². The van der Waals surface area contributed by atoms with Crippen LogP contribution in [0.2, 0.25) is 0 Å². The highest BCUT2D eigenvalue weighted by Gasteiger charge is 2.24. The molecule has 2 unspecified atom stereocenters. The Morgan fingerprint density at radius 1 is 1.04 bits per heavy atom. The predicted molar refractivity (Wildman–Crippen MR) is 115 cm³/mol. The molecule has 1 saturated carbocycles. The fourth-order valence-electron chi connectivity index (χ4n) is 4.27. The SMILES string of the molecule is CC1CCCCC1NC(=O)/C(C#N)=C/c1c2ccccc2cc2ccccc12. The molecule has 0 aromatic heterocycles. The zero-order valence-electron chi connectivity index (χ0n) is 16.1. The normalized spacial score (nSPS) is 20.1. The Balaban J connectivity index is 1.78. The number of fused-ring (bicyclic) bond motifs is 2. The van der Waals surface area contributed by atoms with E-state index in [-0.39, 0.29) is 17.5 Å². The van der Waals surface area contributed by atoms with Crippen LogP contribution in [0.1, 0.15) is 38.2 Å². The highest BCUT2D eigenvalue weighted by atomic mass is 16.1. The lowest BCUT2D eigenvalue weighted by molar-refractivity contribution is -0.118. The molecule has 1 fully saturated rings. The van der Waals surface area contributed by atoms with Crippen molar-refractivity contribution >= 4 is 33.5 Å². The van der Waals surface area contributed by atoms with E-state index >= 15 is 0 Å². The third kappa shape index (κ3) is 3.51. The molecule has 0 bridgehead atoms. The maximum atomic E-state index is 12.9. The van der Waals surface area contributed by atoms with Crippen molar-refractivity contribution in [3.05, 3.63) is 65.7 Å². The first-order valence-corrected chi connectivity index (χ1v) is 10.0. The number of amides is 1. The van der Waals surface area contributed by atoms with Gasteiger partial charge in [0.2, 0.25) is 0 Å². The maximum absolute atomic E-state index is 12.9. The van der Waals surface area contributed by atoms with Crippen LogP contribution in [0.15, 0.2) is 60.2 Å². The first kappa shape index (κ1) is 18.3. The van der Waals surface area contributed by atoms with Crippen LogP contribution in [0.25, 0.3) is 27.6 Å². The Morgan fingerprint density at radius 2 is 1.64 bits per heavy atom. The summed E-state index contributed by atoms with van der Waals surface area (Å²) in [5.41, 5.74) is 1.09. The van der Waals surface area contributed by atoms with Gasteiger partial charge in [-0.25, -0.2) is 0 Å². The fraction of sp³-hybridized carbons (Fsp3) is 0.280. The molecular weight excluding hydrogens is 344 g/mol. The molecule has 4 rings (SSSR count). The molecule has 0 saturated heterocycles. The van der Waals surface area contributed by atoms with E-state index in [9.17, 15) is 10.1 Å². The third-order valence-electron chi connectivity index (χ3n) is 5.89. The molecule has 0 aliphatic heterocycles. The van der Waals surface area contributed by atoms with Gasteiger partial charge in [0, 0.05) is 6.04 Å². The molecule has 1 aliphatic rings. The summed E-state index contributed by atoms with van der Waals surface area (Å²) in [4.78, 5) is 12.9. The molecule has 28 heavy (non-hydrogen) atoms. The third-order valence-corrected chi connectivity index (χ3v) is 5.89. The Morgan fingerprint density at radius 3 is 2.25 bits per heavy atom. The highest BCUT2D eigenvalue weighted by Crippen LogP contribution is 2.30. The Kier molecular flexibility index (Phi) is 5.12. The molecule has 0 heterocycles.